The van der Waals surface area contributed by atoms with E-state index in [-0.39, 0.29) is 41.9 Å². The van der Waals surface area contributed by atoms with E-state index in [1.807, 2.05) is 13.8 Å². The van der Waals surface area contributed by atoms with Crippen LogP contribution in [0.5, 0.6) is 5.75 Å². The molecule has 1 amide bonds. The molecular weight excluding hydrogens is 499 g/mol. The molecule has 0 spiro atoms. The van der Waals surface area contributed by atoms with Crippen molar-refractivity contribution < 1.29 is 18.7 Å². The molecule has 1 fully saturated rings. The van der Waals surface area contributed by atoms with Gasteiger partial charge in [-0.15, -0.1) is 0 Å². The summed E-state index contributed by atoms with van der Waals surface area (Å²) < 4.78 is 26.8. The molecule has 0 atom stereocenters. The van der Waals surface area contributed by atoms with E-state index in [1.54, 1.807) is 30.3 Å². The van der Waals surface area contributed by atoms with Crippen molar-refractivity contribution in [1.29, 1.82) is 0 Å². The standard InChI is InChI=1S/C27H30ClFN4O4/c1-17(2)37-24-8-7-21(14-22(24)29)31-27-30-15-23(32-25(34)13-18-9-11-36-12-10-18)26(35)33(27)16-19-3-5-20(28)6-4-19/h3-8,14-15,17-18H,9-13,16H2,1-2H3,(H,30,31)(H,32,34). The van der Waals surface area contributed by atoms with Crippen LogP contribution in [0.15, 0.2) is 53.5 Å². The number of halogens is 2. The van der Waals surface area contributed by atoms with Gasteiger partial charge in [0.25, 0.3) is 5.56 Å². The lowest BCUT2D eigenvalue weighted by molar-refractivity contribution is -0.117. The van der Waals surface area contributed by atoms with Gasteiger partial charge in [-0.05, 0) is 62.4 Å². The second-order valence-corrected chi connectivity index (χ2v) is 9.69. The lowest BCUT2D eigenvalue weighted by Crippen LogP contribution is -2.30. The number of nitrogens with one attached hydrogen (secondary N) is 2. The van der Waals surface area contributed by atoms with Gasteiger partial charge >= 0.3 is 0 Å². The lowest BCUT2D eigenvalue weighted by atomic mass is 9.96. The first kappa shape index (κ1) is 26.6. The lowest BCUT2D eigenvalue weighted by Gasteiger charge is -2.21. The zero-order valence-corrected chi connectivity index (χ0v) is 21.6. The Morgan fingerprint density at radius 1 is 1.22 bits per heavy atom. The summed E-state index contributed by atoms with van der Waals surface area (Å²) >= 11 is 6.01. The van der Waals surface area contributed by atoms with Gasteiger partial charge in [-0.25, -0.2) is 9.37 Å². The third kappa shape index (κ3) is 7.30. The van der Waals surface area contributed by atoms with E-state index in [0.717, 1.165) is 18.4 Å². The Morgan fingerprint density at radius 2 is 1.95 bits per heavy atom. The molecule has 0 bridgehead atoms. The van der Waals surface area contributed by atoms with Crippen molar-refractivity contribution in [3.05, 3.63) is 75.4 Å². The van der Waals surface area contributed by atoms with Gasteiger partial charge in [0.2, 0.25) is 11.9 Å². The quantitative estimate of drug-likeness (QED) is 0.388. The predicted octanol–water partition coefficient (Wildman–Crippen LogP) is 5.37. The number of hydrogen-bond acceptors (Lipinski definition) is 6. The SMILES string of the molecule is CC(C)Oc1ccc(Nc2ncc(NC(=O)CC3CCOCC3)c(=O)n2Cc2ccc(Cl)cc2)cc1F. The second-order valence-electron chi connectivity index (χ2n) is 9.26. The van der Waals surface area contributed by atoms with E-state index in [2.05, 4.69) is 15.6 Å². The molecule has 3 aromatic rings. The van der Waals surface area contributed by atoms with E-state index < -0.39 is 11.4 Å². The third-order valence-corrected chi connectivity index (χ3v) is 6.19. The minimum Gasteiger partial charge on any atom is -0.488 e. The Morgan fingerprint density at radius 3 is 2.62 bits per heavy atom. The molecule has 8 nitrogen and oxygen atoms in total. The van der Waals surface area contributed by atoms with Crippen molar-refractivity contribution in [1.82, 2.24) is 9.55 Å². The summed E-state index contributed by atoms with van der Waals surface area (Å²) in [6, 6.07) is 11.5. The Labute approximate surface area is 219 Å². The maximum absolute atomic E-state index is 14.6. The first-order chi connectivity index (χ1) is 17.8. The van der Waals surface area contributed by atoms with Crippen molar-refractivity contribution in [3.8, 4) is 5.75 Å². The normalized spacial score (nSPS) is 14.0. The number of anilines is 3. The molecule has 0 aliphatic carbocycles. The summed E-state index contributed by atoms with van der Waals surface area (Å²) in [5, 5.41) is 6.30. The minimum atomic E-state index is -0.540. The number of amides is 1. The van der Waals surface area contributed by atoms with Crippen molar-refractivity contribution in [3.63, 3.8) is 0 Å². The molecule has 37 heavy (non-hydrogen) atoms. The molecule has 0 saturated carbocycles. The number of hydrogen-bond donors (Lipinski definition) is 2. The molecule has 1 aliphatic rings. The smallest absolute Gasteiger partial charge is 0.279 e. The van der Waals surface area contributed by atoms with Crippen molar-refractivity contribution >= 4 is 34.8 Å². The highest BCUT2D eigenvalue weighted by molar-refractivity contribution is 6.30. The summed E-state index contributed by atoms with van der Waals surface area (Å²) in [6.45, 7) is 5.06. The van der Waals surface area contributed by atoms with Crippen LogP contribution in [0.1, 0.15) is 38.7 Å². The van der Waals surface area contributed by atoms with Gasteiger partial charge in [0.15, 0.2) is 11.6 Å². The van der Waals surface area contributed by atoms with Gasteiger partial charge in [-0.3, -0.25) is 14.2 Å². The van der Waals surface area contributed by atoms with Crippen LogP contribution in [0.4, 0.5) is 21.7 Å². The van der Waals surface area contributed by atoms with Crippen LogP contribution in [-0.2, 0) is 16.1 Å². The first-order valence-corrected chi connectivity index (χ1v) is 12.6. The van der Waals surface area contributed by atoms with Crippen LogP contribution in [0.25, 0.3) is 0 Å². The zero-order chi connectivity index (χ0) is 26.4. The predicted molar refractivity (Wildman–Crippen MR) is 141 cm³/mol. The van der Waals surface area contributed by atoms with Crippen LogP contribution in [0.2, 0.25) is 5.02 Å². The average Bonchev–Trinajstić information content (AvgIpc) is 2.86. The van der Waals surface area contributed by atoms with Gasteiger partial charge in [0, 0.05) is 36.4 Å². The minimum absolute atomic E-state index is 0.0726. The highest BCUT2D eigenvalue weighted by atomic mass is 35.5. The van der Waals surface area contributed by atoms with Crippen molar-refractivity contribution in [2.24, 2.45) is 5.92 Å². The van der Waals surface area contributed by atoms with Gasteiger partial charge < -0.3 is 20.1 Å². The molecule has 1 saturated heterocycles. The molecule has 0 unspecified atom stereocenters. The largest absolute Gasteiger partial charge is 0.488 e. The van der Waals surface area contributed by atoms with Gasteiger partial charge in [-0.1, -0.05) is 23.7 Å². The fraction of sp³-hybridized carbons (Fsp3) is 0.370. The number of rotatable bonds is 9. The van der Waals surface area contributed by atoms with Crippen LogP contribution in [-0.4, -0.2) is 34.8 Å². The van der Waals surface area contributed by atoms with Crippen molar-refractivity contribution in [2.45, 2.75) is 45.8 Å². The summed E-state index contributed by atoms with van der Waals surface area (Å²) in [4.78, 5) is 30.5. The summed E-state index contributed by atoms with van der Waals surface area (Å²) in [6.07, 6.45) is 3.08. The molecule has 1 aromatic heterocycles. The molecule has 0 radical (unpaired) electrons. The Kier molecular flexibility index (Phi) is 8.78. The number of benzene rings is 2. The second kappa shape index (κ2) is 12.2. The maximum Gasteiger partial charge on any atom is 0.279 e. The summed E-state index contributed by atoms with van der Waals surface area (Å²) in [5.74, 6) is -0.236. The van der Waals surface area contributed by atoms with E-state index in [4.69, 9.17) is 21.1 Å². The van der Waals surface area contributed by atoms with Gasteiger partial charge in [0.05, 0.1) is 18.8 Å². The van der Waals surface area contributed by atoms with E-state index in [1.165, 1.54) is 22.9 Å². The van der Waals surface area contributed by atoms with E-state index in [0.29, 0.717) is 30.3 Å². The summed E-state index contributed by atoms with van der Waals surface area (Å²) in [5.41, 5.74) is 0.826. The molecule has 2 heterocycles. The molecule has 10 heteroatoms. The Hall–Kier alpha value is -3.43. The van der Waals surface area contributed by atoms with Crippen LogP contribution in [0, 0.1) is 11.7 Å². The van der Waals surface area contributed by atoms with Gasteiger partial charge in [-0.2, -0.15) is 0 Å². The molecule has 1 aliphatic heterocycles. The van der Waals surface area contributed by atoms with E-state index >= 15 is 0 Å². The highest BCUT2D eigenvalue weighted by Gasteiger charge is 2.20. The number of aromatic nitrogens is 2. The van der Waals surface area contributed by atoms with Crippen molar-refractivity contribution in [2.75, 3.05) is 23.8 Å². The van der Waals surface area contributed by atoms with Gasteiger partial charge in [0.1, 0.15) is 5.69 Å². The number of ether oxygens (including phenoxy) is 2. The highest BCUT2D eigenvalue weighted by Crippen LogP contribution is 2.25. The summed E-state index contributed by atoms with van der Waals surface area (Å²) in [7, 11) is 0. The zero-order valence-electron chi connectivity index (χ0n) is 20.8. The molecule has 196 valence electrons. The first-order valence-electron chi connectivity index (χ1n) is 12.2. The third-order valence-electron chi connectivity index (χ3n) is 5.94. The maximum atomic E-state index is 14.6. The van der Waals surface area contributed by atoms with Crippen LogP contribution >= 0.6 is 11.6 Å². The fourth-order valence-corrected chi connectivity index (χ4v) is 4.19. The topological polar surface area (TPSA) is 94.5 Å². The molecule has 4 rings (SSSR count). The number of carbonyl (C=O) groups is 1. The molecule has 2 aromatic carbocycles. The fourth-order valence-electron chi connectivity index (χ4n) is 4.07. The average molecular weight is 529 g/mol. The number of nitrogens with zero attached hydrogens (tertiary/aromatic N) is 2. The number of carbonyl (C=O) groups excluding carboxylic acids is 1. The Balaban J connectivity index is 1.60. The molecular formula is C27H30ClFN4O4. The molecule has 2 N–H and O–H groups in total. The van der Waals surface area contributed by atoms with Crippen LogP contribution < -0.4 is 20.9 Å². The van der Waals surface area contributed by atoms with Crippen LogP contribution in [0.3, 0.4) is 0 Å². The monoisotopic (exact) mass is 528 g/mol. The Bertz CT molecular complexity index is 1290. The van der Waals surface area contributed by atoms with E-state index in [9.17, 15) is 14.0 Å².